The van der Waals surface area contributed by atoms with Crippen molar-refractivity contribution >= 4 is 55.1 Å². The van der Waals surface area contributed by atoms with E-state index >= 15 is 0 Å². The third-order valence-electron chi connectivity index (χ3n) is 7.58. The van der Waals surface area contributed by atoms with E-state index in [1.165, 1.54) is 56.6 Å². The van der Waals surface area contributed by atoms with Crippen molar-refractivity contribution in [3.8, 4) is 17.2 Å². The Morgan fingerprint density at radius 1 is 0.816 bits per heavy atom. The van der Waals surface area contributed by atoms with Gasteiger partial charge >= 0.3 is 0 Å². The normalized spacial score (nSPS) is 11.8. The summed E-state index contributed by atoms with van der Waals surface area (Å²) in [6.45, 7) is 2.99. The minimum absolute atomic E-state index is 0.0121. The Bertz CT molecular complexity index is 1880. The molecule has 0 unspecified atom stereocenters. The lowest BCUT2D eigenvalue weighted by Gasteiger charge is -2.34. The Morgan fingerprint density at radius 3 is 2.10 bits per heavy atom. The molecule has 1 atom stereocenters. The van der Waals surface area contributed by atoms with Gasteiger partial charge in [-0.25, -0.2) is 8.42 Å². The Labute approximate surface area is 301 Å². The third kappa shape index (κ3) is 9.46. The van der Waals surface area contributed by atoms with Gasteiger partial charge in [0, 0.05) is 34.6 Å². The zero-order valence-electron chi connectivity index (χ0n) is 27.9. The fraction of sp³-hybridized carbons (Fsp3) is 0.278. The highest BCUT2D eigenvalue weighted by Gasteiger charge is 2.36. The van der Waals surface area contributed by atoms with Crippen LogP contribution in [0.15, 0.2) is 100 Å². The molecule has 4 aromatic rings. The first kappa shape index (κ1) is 37.6. The van der Waals surface area contributed by atoms with E-state index in [-0.39, 0.29) is 52.0 Å². The number of methoxy groups -OCH3 is 3. The second-order valence-electron chi connectivity index (χ2n) is 11.4. The first-order chi connectivity index (χ1) is 23.4. The van der Waals surface area contributed by atoms with Crippen molar-refractivity contribution in [2.75, 3.05) is 32.2 Å². The molecule has 0 aliphatic carbocycles. The van der Waals surface area contributed by atoms with E-state index in [0.29, 0.717) is 5.75 Å². The van der Waals surface area contributed by atoms with Gasteiger partial charge in [0.25, 0.3) is 10.0 Å². The maximum atomic E-state index is 14.7. The molecule has 2 amide bonds. The maximum Gasteiger partial charge on any atom is 0.265 e. The van der Waals surface area contributed by atoms with Crippen LogP contribution < -0.4 is 23.8 Å². The summed E-state index contributed by atoms with van der Waals surface area (Å²) in [6.07, 6.45) is 0.183. The van der Waals surface area contributed by atoms with Crippen LogP contribution in [0, 0.1) is 0 Å². The first-order valence-corrected chi connectivity index (χ1v) is 18.0. The van der Waals surface area contributed by atoms with Crippen molar-refractivity contribution in [3.63, 3.8) is 0 Å². The summed E-state index contributed by atoms with van der Waals surface area (Å²) in [6, 6.07) is 24.1. The molecule has 0 aromatic heterocycles. The molecule has 4 aromatic carbocycles. The van der Waals surface area contributed by atoms with E-state index in [9.17, 15) is 18.0 Å². The van der Waals surface area contributed by atoms with Gasteiger partial charge < -0.3 is 24.4 Å². The summed E-state index contributed by atoms with van der Waals surface area (Å²) in [4.78, 5) is 29.9. The van der Waals surface area contributed by atoms with Gasteiger partial charge in [-0.1, -0.05) is 70.0 Å². The third-order valence-corrected chi connectivity index (χ3v) is 10.1. The molecular weight excluding hydrogens is 734 g/mol. The summed E-state index contributed by atoms with van der Waals surface area (Å²) in [5, 5.41) is 3.17. The number of sulfonamides is 1. The van der Waals surface area contributed by atoms with Gasteiger partial charge in [0.1, 0.15) is 18.3 Å². The molecular formula is C36H39BrClN3O7S. The molecule has 4 rings (SSSR count). The highest BCUT2D eigenvalue weighted by atomic mass is 79.9. The predicted molar refractivity (Wildman–Crippen MR) is 194 cm³/mol. The number of halogens is 2. The number of anilines is 1. The van der Waals surface area contributed by atoms with E-state index in [1.807, 2.05) is 68.4 Å². The summed E-state index contributed by atoms with van der Waals surface area (Å²) in [5.74, 6) is -0.345. The first-order valence-electron chi connectivity index (χ1n) is 15.3. The van der Waals surface area contributed by atoms with Gasteiger partial charge in [0.15, 0.2) is 11.5 Å². The molecule has 0 saturated carbocycles. The number of rotatable bonds is 15. The van der Waals surface area contributed by atoms with Gasteiger partial charge in [0.05, 0.1) is 31.9 Å². The van der Waals surface area contributed by atoms with Crippen LogP contribution in [0.2, 0.25) is 5.02 Å². The average Bonchev–Trinajstić information content (AvgIpc) is 3.08. The van der Waals surface area contributed by atoms with Crippen molar-refractivity contribution in [1.29, 1.82) is 0 Å². The lowest BCUT2D eigenvalue weighted by molar-refractivity contribution is -0.140. The van der Waals surface area contributed by atoms with Gasteiger partial charge in [-0.2, -0.15) is 0 Å². The SMILES string of the molecule is COc1ccc(S(=O)(=O)N(CC(=O)N(Cc2cccc(Br)c2)[C@@H](Cc2ccccc2)C(=O)NC(C)C)c2cc(Cl)ccc2OC)cc1OC. The monoisotopic (exact) mass is 771 g/mol. The largest absolute Gasteiger partial charge is 0.495 e. The second kappa shape index (κ2) is 16.9. The van der Waals surface area contributed by atoms with Crippen LogP contribution in [0.25, 0.3) is 0 Å². The van der Waals surface area contributed by atoms with Crippen molar-refractivity contribution in [2.45, 2.75) is 43.8 Å². The van der Waals surface area contributed by atoms with Gasteiger partial charge in [-0.3, -0.25) is 13.9 Å². The van der Waals surface area contributed by atoms with Crippen LogP contribution in [0.3, 0.4) is 0 Å². The number of nitrogens with zero attached hydrogens (tertiary/aromatic N) is 2. The van der Waals surface area contributed by atoms with Crippen LogP contribution in [0.1, 0.15) is 25.0 Å². The summed E-state index contributed by atoms with van der Waals surface area (Å²) >= 11 is 9.88. The Balaban J connectivity index is 1.89. The lowest BCUT2D eigenvalue weighted by Crippen LogP contribution is -2.54. The van der Waals surface area contributed by atoms with Gasteiger partial charge in [0.2, 0.25) is 11.8 Å². The van der Waals surface area contributed by atoms with Crippen LogP contribution in [0.5, 0.6) is 17.2 Å². The lowest BCUT2D eigenvalue weighted by atomic mass is 10.0. The molecule has 0 radical (unpaired) electrons. The number of carbonyl (C=O) groups is 2. The molecule has 0 aliphatic heterocycles. The fourth-order valence-electron chi connectivity index (χ4n) is 5.24. The van der Waals surface area contributed by atoms with E-state index in [1.54, 1.807) is 6.07 Å². The number of benzene rings is 4. The van der Waals surface area contributed by atoms with Crippen molar-refractivity contribution in [1.82, 2.24) is 10.2 Å². The highest BCUT2D eigenvalue weighted by molar-refractivity contribution is 9.10. The zero-order chi connectivity index (χ0) is 35.7. The number of ether oxygens (including phenoxy) is 3. The van der Waals surface area contributed by atoms with Crippen molar-refractivity contribution in [2.24, 2.45) is 0 Å². The van der Waals surface area contributed by atoms with Gasteiger partial charge in [-0.05, 0) is 67.4 Å². The number of amides is 2. The maximum absolute atomic E-state index is 14.7. The van der Waals surface area contributed by atoms with E-state index < -0.39 is 28.5 Å². The molecule has 49 heavy (non-hydrogen) atoms. The van der Waals surface area contributed by atoms with Crippen molar-refractivity contribution < 1.29 is 32.2 Å². The van der Waals surface area contributed by atoms with E-state index in [2.05, 4.69) is 21.2 Å². The average molecular weight is 773 g/mol. The highest BCUT2D eigenvalue weighted by Crippen LogP contribution is 2.37. The number of carbonyl (C=O) groups excluding carboxylic acids is 2. The molecule has 13 heteroatoms. The minimum atomic E-state index is -4.49. The number of nitrogens with one attached hydrogen (secondary N) is 1. The molecule has 0 aliphatic rings. The molecule has 0 bridgehead atoms. The fourth-order valence-corrected chi connectivity index (χ4v) is 7.29. The molecule has 0 heterocycles. The Kier molecular flexibility index (Phi) is 13.0. The van der Waals surface area contributed by atoms with E-state index in [0.717, 1.165) is 19.9 Å². The number of hydrogen-bond donors (Lipinski definition) is 1. The van der Waals surface area contributed by atoms with E-state index in [4.69, 9.17) is 25.8 Å². The summed E-state index contributed by atoms with van der Waals surface area (Å²) < 4.78 is 47.1. The van der Waals surface area contributed by atoms with Crippen molar-refractivity contribution in [3.05, 3.63) is 112 Å². The molecule has 1 N–H and O–H groups in total. The molecule has 0 spiro atoms. The second-order valence-corrected chi connectivity index (χ2v) is 14.6. The Morgan fingerprint density at radius 2 is 1.47 bits per heavy atom. The van der Waals surface area contributed by atoms with Gasteiger partial charge in [-0.15, -0.1) is 0 Å². The van der Waals surface area contributed by atoms with Crippen LogP contribution in [0.4, 0.5) is 5.69 Å². The molecule has 0 fully saturated rings. The zero-order valence-corrected chi connectivity index (χ0v) is 31.0. The smallest absolute Gasteiger partial charge is 0.265 e. The molecule has 10 nitrogen and oxygen atoms in total. The Hall–Kier alpha value is -4.26. The predicted octanol–water partition coefficient (Wildman–Crippen LogP) is 6.49. The standard InChI is InChI=1S/C36H39BrClN3O7S/c1-24(2)39-36(43)31(19-25-10-7-6-8-11-25)40(22-26-12-9-13-27(37)18-26)35(42)23-41(30-20-28(38)14-16-32(30)46-3)49(44,45)29-15-17-33(47-4)34(21-29)48-5/h6-18,20-21,24,31H,19,22-23H2,1-5H3,(H,39,43)/t31-/m0/s1. The molecule has 0 saturated heterocycles. The summed E-state index contributed by atoms with van der Waals surface area (Å²) in [7, 11) is -0.266. The topological polar surface area (TPSA) is 114 Å². The minimum Gasteiger partial charge on any atom is -0.495 e. The number of hydrogen-bond acceptors (Lipinski definition) is 7. The quantitative estimate of drug-likeness (QED) is 0.147. The summed E-state index contributed by atoms with van der Waals surface area (Å²) in [5.41, 5.74) is 1.59. The van der Waals surface area contributed by atoms with Crippen LogP contribution >= 0.6 is 27.5 Å². The molecule has 260 valence electrons. The van der Waals surface area contributed by atoms with Crippen LogP contribution in [-0.4, -0.2) is 65.1 Å². The van der Waals surface area contributed by atoms with Crippen LogP contribution in [-0.2, 0) is 32.6 Å².